The maximum Gasteiger partial charge on any atom is 0.162 e. The van der Waals surface area contributed by atoms with E-state index in [0.29, 0.717) is 6.61 Å². The third-order valence-electron chi connectivity index (χ3n) is 2.26. The Morgan fingerprint density at radius 2 is 2.14 bits per heavy atom. The van der Waals surface area contributed by atoms with Gasteiger partial charge in [-0.25, -0.2) is 8.42 Å². The van der Waals surface area contributed by atoms with Crippen molar-refractivity contribution < 1.29 is 17.9 Å². The van der Waals surface area contributed by atoms with Crippen LogP contribution >= 0.6 is 0 Å². The van der Waals surface area contributed by atoms with Crippen LogP contribution in [0.4, 0.5) is 0 Å². The summed E-state index contributed by atoms with van der Waals surface area (Å²) < 4.78 is 26.9. The molecule has 0 aromatic carbocycles. The van der Waals surface area contributed by atoms with Crippen molar-refractivity contribution in [2.24, 2.45) is 0 Å². The van der Waals surface area contributed by atoms with Crippen LogP contribution in [0.5, 0.6) is 0 Å². The second kappa shape index (κ2) is 4.89. The molecule has 0 aliphatic carbocycles. The summed E-state index contributed by atoms with van der Waals surface area (Å²) in [5.41, 5.74) is 0. The smallest absolute Gasteiger partial charge is 0.162 e. The summed E-state index contributed by atoms with van der Waals surface area (Å²) in [4.78, 5) is 11.5. The van der Waals surface area contributed by atoms with Gasteiger partial charge in [0.15, 0.2) is 5.78 Å². The summed E-state index contributed by atoms with van der Waals surface area (Å²) in [6, 6.07) is 0. The van der Waals surface area contributed by atoms with Crippen LogP contribution < -0.4 is 0 Å². The fraction of sp³-hybridized carbons (Fsp3) is 0.889. The largest absolute Gasteiger partial charge is 0.370 e. The fourth-order valence-corrected chi connectivity index (χ4v) is 2.01. The van der Waals surface area contributed by atoms with E-state index in [1.165, 1.54) is 0 Å². The van der Waals surface area contributed by atoms with E-state index in [4.69, 9.17) is 4.74 Å². The molecule has 1 aliphatic heterocycles. The van der Waals surface area contributed by atoms with Crippen LogP contribution in [0.15, 0.2) is 0 Å². The van der Waals surface area contributed by atoms with Crippen molar-refractivity contribution in [3.63, 3.8) is 0 Å². The number of hydrogen-bond donors (Lipinski definition) is 0. The van der Waals surface area contributed by atoms with Crippen LogP contribution in [0.3, 0.4) is 0 Å². The van der Waals surface area contributed by atoms with Gasteiger partial charge in [-0.05, 0) is 19.3 Å². The molecule has 0 N–H and O–H groups in total. The highest BCUT2D eigenvalue weighted by molar-refractivity contribution is 7.90. The molecule has 0 radical (unpaired) electrons. The molecule has 4 nitrogen and oxygen atoms in total. The van der Waals surface area contributed by atoms with Gasteiger partial charge in [-0.1, -0.05) is 0 Å². The van der Waals surface area contributed by atoms with Crippen molar-refractivity contribution >= 4 is 15.6 Å². The van der Waals surface area contributed by atoms with Gasteiger partial charge in [0.25, 0.3) is 0 Å². The van der Waals surface area contributed by atoms with Crippen molar-refractivity contribution in [2.45, 2.75) is 31.8 Å². The molecule has 1 saturated heterocycles. The average molecular weight is 220 g/mol. The lowest BCUT2D eigenvalue weighted by Gasteiger charge is -2.20. The number of sulfone groups is 1. The van der Waals surface area contributed by atoms with Crippen LogP contribution in [-0.2, 0) is 19.4 Å². The standard InChI is InChI=1S/C9H16O4S/c1-14(11,12)7-5-8(10)9-4-2-3-6-13-9/h9H,2-7H2,1H3. The Morgan fingerprint density at radius 1 is 1.43 bits per heavy atom. The molecule has 0 spiro atoms. The predicted molar refractivity (Wildman–Crippen MR) is 52.9 cm³/mol. The molecule has 1 aliphatic rings. The van der Waals surface area contributed by atoms with Gasteiger partial charge in [0.05, 0.1) is 5.75 Å². The quantitative estimate of drug-likeness (QED) is 0.694. The first-order valence-electron chi connectivity index (χ1n) is 4.81. The molecule has 82 valence electrons. The summed E-state index contributed by atoms with van der Waals surface area (Å²) in [5.74, 6) is -0.138. The van der Waals surface area contributed by atoms with Crippen LogP contribution in [0.2, 0.25) is 0 Å². The minimum Gasteiger partial charge on any atom is -0.370 e. The highest BCUT2D eigenvalue weighted by Gasteiger charge is 2.22. The Kier molecular flexibility index (Phi) is 4.07. The van der Waals surface area contributed by atoms with Gasteiger partial charge in [-0.3, -0.25) is 4.79 Å². The molecule has 1 atom stereocenters. The van der Waals surface area contributed by atoms with Crippen molar-refractivity contribution in [1.29, 1.82) is 0 Å². The average Bonchev–Trinajstić information content (AvgIpc) is 2.14. The zero-order valence-corrected chi connectivity index (χ0v) is 9.18. The number of rotatable bonds is 4. The molecule has 0 saturated carbocycles. The molecule has 14 heavy (non-hydrogen) atoms. The molecule has 0 aromatic heterocycles. The number of ketones is 1. The van der Waals surface area contributed by atoms with Gasteiger partial charge < -0.3 is 4.74 Å². The van der Waals surface area contributed by atoms with Crippen LogP contribution in [0.1, 0.15) is 25.7 Å². The van der Waals surface area contributed by atoms with Gasteiger partial charge in [0, 0.05) is 19.3 Å². The van der Waals surface area contributed by atoms with E-state index in [1.807, 2.05) is 0 Å². The molecule has 0 bridgehead atoms. The first kappa shape index (κ1) is 11.7. The summed E-state index contributed by atoms with van der Waals surface area (Å²) in [7, 11) is -3.03. The molecular formula is C9H16O4S. The normalized spacial score (nSPS) is 23.4. The van der Waals surface area contributed by atoms with Gasteiger partial charge in [-0.2, -0.15) is 0 Å². The number of carbonyl (C=O) groups excluding carboxylic acids is 1. The molecule has 1 heterocycles. The minimum absolute atomic E-state index is 0.0638. The molecule has 1 rings (SSSR count). The molecule has 5 heteroatoms. The minimum atomic E-state index is -3.03. The van der Waals surface area contributed by atoms with E-state index in [-0.39, 0.29) is 24.1 Å². The Hall–Kier alpha value is -0.420. The fourth-order valence-electron chi connectivity index (χ4n) is 1.44. The van der Waals surface area contributed by atoms with Crippen molar-refractivity contribution in [2.75, 3.05) is 18.6 Å². The molecule has 0 amide bonds. The zero-order valence-electron chi connectivity index (χ0n) is 8.36. The van der Waals surface area contributed by atoms with E-state index >= 15 is 0 Å². The Balaban J connectivity index is 2.34. The predicted octanol–water partition coefficient (Wildman–Crippen LogP) is 0.559. The molecule has 1 unspecified atom stereocenters. The van der Waals surface area contributed by atoms with Crippen molar-refractivity contribution in [3.05, 3.63) is 0 Å². The van der Waals surface area contributed by atoms with Crippen molar-refractivity contribution in [3.8, 4) is 0 Å². The topological polar surface area (TPSA) is 60.4 Å². The SMILES string of the molecule is CS(=O)(=O)CCC(=O)C1CCCCO1. The lowest BCUT2D eigenvalue weighted by Crippen LogP contribution is -2.29. The number of ether oxygens (including phenoxy) is 1. The van der Waals surface area contributed by atoms with Crippen LogP contribution in [-0.4, -0.2) is 38.9 Å². The summed E-state index contributed by atoms with van der Waals surface area (Å²) >= 11 is 0. The number of Topliss-reactive ketones (excluding diaryl/α,β-unsaturated/α-hetero) is 1. The first-order chi connectivity index (χ1) is 6.49. The molecule has 1 fully saturated rings. The van der Waals surface area contributed by atoms with Crippen LogP contribution in [0, 0.1) is 0 Å². The van der Waals surface area contributed by atoms with Gasteiger partial charge >= 0.3 is 0 Å². The number of hydrogen-bond acceptors (Lipinski definition) is 4. The van der Waals surface area contributed by atoms with Crippen molar-refractivity contribution in [1.82, 2.24) is 0 Å². The lowest BCUT2D eigenvalue weighted by molar-refractivity contribution is -0.132. The zero-order chi connectivity index (χ0) is 10.6. The maximum atomic E-state index is 11.5. The van der Waals surface area contributed by atoms with E-state index in [0.717, 1.165) is 25.5 Å². The van der Waals surface area contributed by atoms with E-state index in [1.54, 1.807) is 0 Å². The lowest BCUT2D eigenvalue weighted by atomic mass is 10.0. The summed E-state index contributed by atoms with van der Waals surface area (Å²) in [6.07, 6.45) is 3.60. The Bertz CT molecular complexity index is 288. The third kappa shape index (κ3) is 4.19. The highest BCUT2D eigenvalue weighted by Crippen LogP contribution is 2.14. The highest BCUT2D eigenvalue weighted by atomic mass is 32.2. The Labute approximate surface area is 84.6 Å². The van der Waals surface area contributed by atoms with Gasteiger partial charge in [0.2, 0.25) is 0 Å². The van der Waals surface area contributed by atoms with E-state index in [2.05, 4.69) is 0 Å². The molecule has 0 aromatic rings. The second-order valence-corrected chi connectivity index (χ2v) is 5.96. The summed E-state index contributed by atoms with van der Waals surface area (Å²) in [6.45, 7) is 0.620. The van der Waals surface area contributed by atoms with E-state index < -0.39 is 9.84 Å². The second-order valence-electron chi connectivity index (χ2n) is 3.70. The molecular weight excluding hydrogens is 204 g/mol. The first-order valence-corrected chi connectivity index (χ1v) is 6.87. The Morgan fingerprint density at radius 3 is 2.64 bits per heavy atom. The third-order valence-corrected chi connectivity index (χ3v) is 3.20. The van der Waals surface area contributed by atoms with Crippen LogP contribution in [0.25, 0.3) is 0 Å². The van der Waals surface area contributed by atoms with Gasteiger partial charge in [0.1, 0.15) is 15.9 Å². The van der Waals surface area contributed by atoms with Gasteiger partial charge in [-0.15, -0.1) is 0 Å². The monoisotopic (exact) mass is 220 g/mol. The maximum absolute atomic E-state index is 11.5. The van der Waals surface area contributed by atoms with E-state index in [9.17, 15) is 13.2 Å². The number of carbonyl (C=O) groups is 1. The summed E-state index contributed by atoms with van der Waals surface area (Å²) in [5, 5.41) is 0.